The van der Waals surface area contributed by atoms with Gasteiger partial charge in [-0.3, -0.25) is 4.79 Å². The van der Waals surface area contributed by atoms with Crippen LogP contribution in [0, 0.1) is 0 Å². The summed E-state index contributed by atoms with van der Waals surface area (Å²) in [5.41, 5.74) is 1.90. The fourth-order valence-corrected chi connectivity index (χ4v) is 3.87. The van der Waals surface area contributed by atoms with Crippen molar-refractivity contribution in [1.82, 2.24) is 14.9 Å². The summed E-state index contributed by atoms with van der Waals surface area (Å²) in [6.07, 6.45) is 1.04. The molecule has 1 unspecified atom stereocenters. The van der Waals surface area contributed by atoms with Crippen molar-refractivity contribution in [2.24, 2.45) is 0 Å². The molecular formula is C22H26N4O4. The van der Waals surface area contributed by atoms with Crippen molar-refractivity contribution in [3.05, 3.63) is 40.7 Å². The molecule has 0 spiro atoms. The fourth-order valence-electron chi connectivity index (χ4n) is 3.87. The van der Waals surface area contributed by atoms with Crippen LogP contribution in [0.15, 0.2) is 35.1 Å². The normalized spacial score (nSPS) is 16.6. The fraction of sp³-hybridized carbons (Fsp3) is 0.364. The lowest BCUT2D eigenvalue weighted by Crippen LogP contribution is -2.24. The summed E-state index contributed by atoms with van der Waals surface area (Å²) in [5.74, 6) is 2.20. The third-order valence-electron chi connectivity index (χ3n) is 5.43. The second kappa shape index (κ2) is 8.23. The Bertz CT molecular complexity index is 1130. The van der Waals surface area contributed by atoms with E-state index in [-0.39, 0.29) is 5.56 Å². The summed E-state index contributed by atoms with van der Waals surface area (Å²) >= 11 is 0. The molecule has 1 fully saturated rings. The largest absolute Gasteiger partial charge is 0.497 e. The van der Waals surface area contributed by atoms with Gasteiger partial charge in [0.05, 0.1) is 26.8 Å². The van der Waals surface area contributed by atoms with E-state index in [1.807, 2.05) is 18.2 Å². The minimum atomic E-state index is -0.267. The molecule has 1 aliphatic rings. The van der Waals surface area contributed by atoms with E-state index in [0.717, 1.165) is 36.5 Å². The molecule has 0 amide bonds. The average Bonchev–Trinajstić information content (AvgIpc) is 3.16. The number of H-pyrrole nitrogens is 1. The van der Waals surface area contributed by atoms with E-state index >= 15 is 0 Å². The minimum absolute atomic E-state index is 0.267. The van der Waals surface area contributed by atoms with Crippen molar-refractivity contribution in [1.29, 1.82) is 0 Å². The van der Waals surface area contributed by atoms with Crippen molar-refractivity contribution in [2.45, 2.75) is 12.5 Å². The molecule has 2 aromatic carbocycles. The predicted molar refractivity (Wildman–Crippen MR) is 117 cm³/mol. The zero-order chi connectivity index (χ0) is 21.3. The Labute approximate surface area is 174 Å². The Morgan fingerprint density at radius 2 is 1.90 bits per heavy atom. The SMILES string of the molecule is COc1ccc(-c2nc3cc(OC)cc(OC)c3c(=O)[nH]2)c(NC2CCN(C)C2)c1. The van der Waals surface area contributed by atoms with Gasteiger partial charge in [0.2, 0.25) is 0 Å². The number of nitrogens with one attached hydrogen (secondary N) is 2. The van der Waals surface area contributed by atoms with Crippen molar-refractivity contribution < 1.29 is 14.2 Å². The van der Waals surface area contributed by atoms with Gasteiger partial charge in [-0.2, -0.15) is 0 Å². The van der Waals surface area contributed by atoms with Gasteiger partial charge in [-0.15, -0.1) is 0 Å². The molecule has 1 atom stereocenters. The van der Waals surface area contributed by atoms with E-state index in [1.165, 1.54) is 7.11 Å². The van der Waals surface area contributed by atoms with Gasteiger partial charge in [0.25, 0.3) is 5.56 Å². The number of methoxy groups -OCH3 is 3. The monoisotopic (exact) mass is 410 g/mol. The molecule has 0 aliphatic carbocycles. The van der Waals surface area contributed by atoms with Gasteiger partial charge in [-0.25, -0.2) is 4.98 Å². The summed E-state index contributed by atoms with van der Waals surface area (Å²) in [6, 6.07) is 9.42. The Hall–Kier alpha value is -3.26. The van der Waals surface area contributed by atoms with E-state index in [1.54, 1.807) is 26.4 Å². The van der Waals surface area contributed by atoms with Gasteiger partial charge >= 0.3 is 0 Å². The molecule has 0 saturated carbocycles. The molecule has 1 aliphatic heterocycles. The van der Waals surface area contributed by atoms with Crippen LogP contribution < -0.4 is 25.1 Å². The number of rotatable bonds is 6. The van der Waals surface area contributed by atoms with Gasteiger partial charge in [0, 0.05) is 42.0 Å². The molecular weight excluding hydrogens is 384 g/mol. The minimum Gasteiger partial charge on any atom is -0.497 e. The van der Waals surface area contributed by atoms with Crippen LogP contribution in [0.1, 0.15) is 6.42 Å². The first-order valence-corrected chi connectivity index (χ1v) is 9.82. The quantitative estimate of drug-likeness (QED) is 0.646. The Morgan fingerprint density at radius 3 is 2.57 bits per heavy atom. The number of aromatic nitrogens is 2. The molecule has 8 nitrogen and oxygen atoms in total. The van der Waals surface area contributed by atoms with Gasteiger partial charge in [0.15, 0.2) is 0 Å². The lowest BCUT2D eigenvalue weighted by Gasteiger charge is -2.18. The van der Waals surface area contributed by atoms with Gasteiger partial charge in [-0.1, -0.05) is 0 Å². The number of fused-ring (bicyclic) bond motifs is 1. The maximum Gasteiger partial charge on any atom is 0.262 e. The van der Waals surface area contributed by atoms with Crippen LogP contribution >= 0.6 is 0 Å². The van der Waals surface area contributed by atoms with Gasteiger partial charge in [-0.05, 0) is 32.1 Å². The van der Waals surface area contributed by atoms with Crippen LogP contribution in [0.3, 0.4) is 0 Å². The Morgan fingerprint density at radius 1 is 1.10 bits per heavy atom. The number of hydrogen-bond donors (Lipinski definition) is 2. The summed E-state index contributed by atoms with van der Waals surface area (Å²) in [5, 5.41) is 3.98. The lowest BCUT2D eigenvalue weighted by atomic mass is 10.1. The number of likely N-dealkylation sites (N-methyl/N-ethyl adjacent to an activating group) is 1. The van der Waals surface area contributed by atoms with E-state index in [2.05, 4.69) is 22.2 Å². The van der Waals surface area contributed by atoms with Crippen molar-refractivity contribution in [3.8, 4) is 28.6 Å². The highest BCUT2D eigenvalue weighted by molar-refractivity contribution is 5.88. The predicted octanol–water partition coefficient (Wildman–Crippen LogP) is 2.73. The first kappa shape index (κ1) is 20.0. The van der Waals surface area contributed by atoms with E-state index in [0.29, 0.717) is 34.3 Å². The smallest absolute Gasteiger partial charge is 0.262 e. The molecule has 3 aromatic rings. The third kappa shape index (κ3) is 3.78. The van der Waals surface area contributed by atoms with Crippen molar-refractivity contribution in [2.75, 3.05) is 46.8 Å². The molecule has 158 valence electrons. The lowest BCUT2D eigenvalue weighted by molar-refractivity contribution is 0.397. The van der Waals surface area contributed by atoms with E-state index in [9.17, 15) is 4.79 Å². The number of hydrogen-bond acceptors (Lipinski definition) is 7. The number of aromatic amines is 1. The van der Waals surface area contributed by atoms with Gasteiger partial charge < -0.3 is 29.4 Å². The van der Waals surface area contributed by atoms with E-state index in [4.69, 9.17) is 19.2 Å². The number of likely N-dealkylation sites (tertiary alicyclic amines) is 1. The van der Waals surface area contributed by atoms with Crippen LogP contribution in [0.2, 0.25) is 0 Å². The molecule has 4 rings (SSSR count). The second-order valence-electron chi connectivity index (χ2n) is 7.44. The van der Waals surface area contributed by atoms with Crippen LogP contribution in [0.25, 0.3) is 22.3 Å². The van der Waals surface area contributed by atoms with Crippen LogP contribution in [0.5, 0.6) is 17.2 Å². The Balaban J connectivity index is 1.84. The first-order valence-electron chi connectivity index (χ1n) is 9.82. The summed E-state index contributed by atoms with van der Waals surface area (Å²) in [6.45, 7) is 1.99. The topological polar surface area (TPSA) is 88.7 Å². The highest BCUT2D eigenvalue weighted by Crippen LogP contribution is 2.33. The molecule has 0 radical (unpaired) electrons. The summed E-state index contributed by atoms with van der Waals surface area (Å²) in [4.78, 5) is 22.8. The van der Waals surface area contributed by atoms with E-state index < -0.39 is 0 Å². The average molecular weight is 410 g/mol. The zero-order valence-electron chi connectivity index (χ0n) is 17.6. The molecule has 2 heterocycles. The van der Waals surface area contributed by atoms with Crippen molar-refractivity contribution >= 4 is 16.6 Å². The number of nitrogens with zero attached hydrogens (tertiary/aromatic N) is 2. The molecule has 8 heteroatoms. The highest BCUT2D eigenvalue weighted by atomic mass is 16.5. The molecule has 0 bridgehead atoms. The number of benzene rings is 2. The standard InChI is InChI=1S/C22H26N4O4/c1-26-8-7-13(12-26)23-17-9-14(28-2)5-6-16(17)21-24-18-10-15(29-3)11-19(30-4)20(18)22(27)25-21/h5-6,9-11,13,23H,7-8,12H2,1-4H3,(H,24,25,27). The maximum atomic E-state index is 12.9. The molecule has 30 heavy (non-hydrogen) atoms. The van der Waals surface area contributed by atoms with Crippen LogP contribution in [-0.2, 0) is 0 Å². The first-order chi connectivity index (χ1) is 14.5. The molecule has 1 aromatic heterocycles. The number of ether oxygens (including phenoxy) is 3. The second-order valence-corrected chi connectivity index (χ2v) is 7.44. The maximum absolute atomic E-state index is 12.9. The molecule has 2 N–H and O–H groups in total. The summed E-state index contributed by atoms with van der Waals surface area (Å²) < 4.78 is 16.1. The third-order valence-corrected chi connectivity index (χ3v) is 5.43. The van der Waals surface area contributed by atoms with Crippen LogP contribution in [0.4, 0.5) is 5.69 Å². The number of anilines is 1. The summed E-state index contributed by atoms with van der Waals surface area (Å²) in [7, 11) is 6.83. The van der Waals surface area contributed by atoms with Crippen LogP contribution in [-0.4, -0.2) is 62.4 Å². The van der Waals surface area contributed by atoms with Crippen molar-refractivity contribution in [3.63, 3.8) is 0 Å². The highest BCUT2D eigenvalue weighted by Gasteiger charge is 2.21. The Kier molecular flexibility index (Phi) is 5.50. The van der Waals surface area contributed by atoms with Gasteiger partial charge in [0.1, 0.15) is 28.5 Å². The molecule has 1 saturated heterocycles. The zero-order valence-corrected chi connectivity index (χ0v) is 17.6.